The van der Waals surface area contributed by atoms with Crippen LogP contribution in [0.5, 0.6) is 0 Å². The van der Waals surface area contributed by atoms with Gasteiger partial charge in [-0.05, 0) is 37.5 Å². The van der Waals surface area contributed by atoms with Gasteiger partial charge in [0.15, 0.2) is 0 Å². The molecule has 0 bridgehead atoms. The lowest BCUT2D eigenvalue weighted by Crippen LogP contribution is -2.15. The van der Waals surface area contributed by atoms with Gasteiger partial charge < -0.3 is 10.6 Å². The predicted molar refractivity (Wildman–Crippen MR) is 116 cm³/mol. The standard InChI is InChI=1S/C20H19N4O4P/c25-23(26)18-10-6-16(7-11-18)21-14-29(20-4-2-1-3-5-20)15-22-17-8-12-19(13-9-17)24(27)28/h1-13,21-22H,14-15H2. The van der Waals surface area contributed by atoms with Crippen LogP contribution in [0.2, 0.25) is 0 Å². The minimum atomic E-state index is -0.633. The SMILES string of the molecule is O=[N+]([O-])c1ccc(NCP(CNc2ccc([N+](=O)[O-])cc2)c2ccccc2)cc1. The van der Waals surface area contributed by atoms with Crippen LogP contribution in [0.4, 0.5) is 22.7 Å². The third kappa shape index (κ3) is 5.73. The first-order chi connectivity index (χ1) is 14.0. The molecule has 0 saturated carbocycles. The summed E-state index contributed by atoms with van der Waals surface area (Å²) in [7, 11) is -0.633. The summed E-state index contributed by atoms with van der Waals surface area (Å²) in [6.45, 7) is 0. The number of benzene rings is 3. The van der Waals surface area contributed by atoms with Crippen molar-refractivity contribution in [3.63, 3.8) is 0 Å². The third-order valence-corrected chi connectivity index (χ3v) is 6.33. The van der Waals surface area contributed by atoms with E-state index in [4.69, 9.17) is 0 Å². The normalized spacial score (nSPS) is 10.5. The lowest BCUT2D eigenvalue weighted by Gasteiger charge is -2.20. The van der Waals surface area contributed by atoms with Crippen molar-refractivity contribution < 1.29 is 9.85 Å². The minimum Gasteiger partial charge on any atom is -0.381 e. The molecule has 0 heterocycles. The zero-order chi connectivity index (χ0) is 20.6. The summed E-state index contributed by atoms with van der Waals surface area (Å²) in [4.78, 5) is 20.7. The van der Waals surface area contributed by atoms with Gasteiger partial charge in [-0.25, -0.2) is 0 Å². The van der Waals surface area contributed by atoms with E-state index in [-0.39, 0.29) is 11.4 Å². The van der Waals surface area contributed by atoms with Gasteiger partial charge in [0.25, 0.3) is 11.4 Å². The van der Waals surface area contributed by atoms with Crippen LogP contribution in [-0.2, 0) is 0 Å². The smallest absolute Gasteiger partial charge is 0.269 e. The fraction of sp³-hybridized carbons (Fsp3) is 0.100. The van der Waals surface area contributed by atoms with E-state index in [0.29, 0.717) is 12.6 Å². The highest BCUT2D eigenvalue weighted by atomic mass is 31.1. The Hall–Kier alpha value is -3.51. The average Bonchev–Trinajstić information content (AvgIpc) is 2.75. The molecular formula is C20H19N4O4P. The molecule has 0 aliphatic rings. The molecule has 0 atom stereocenters. The summed E-state index contributed by atoms with van der Waals surface area (Å²) < 4.78 is 0. The molecule has 148 valence electrons. The molecule has 0 amide bonds. The van der Waals surface area contributed by atoms with Crippen molar-refractivity contribution in [2.75, 3.05) is 23.2 Å². The maximum absolute atomic E-state index is 10.8. The van der Waals surface area contributed by atoms with Crippen molar-refractivity contribution in [2.45, 2.75) is 0 Å². The number of non-ortho nitro benzene ring substituents is 2. The highest BCUT2D eigenvalue weighted by molar-refractivity contribution is 7.65. The minimum absolute atomic E-state index is 0.0562. The molecular weight excluding hydrogens is 391 g/mol. The summed E-state index contributed by atoms with van der Waals surface area (Å²) in [5.41, 5.74) is 1.74. The van der Waals surface area contributed by atoms with Crippen molar-refractivity contribution in [2.24, 2.45) is 0 Å². The van der Waals surface area contributed by atoms with Gasteiger partial charge >= 0.3 is 0 Å². The number of nitrogens with zero attached hydrogens (tertiary/aromatic N) is 2. The van der Waals surface area contributed by atoms with E-state index in [9.17, 15) is 20.2 Å². The van der Waals surface area contributed by atoms with Gasteiger partial charge in [0.2, 0.25) is 0 Å². The topological polar surface area (TPSA) is 110 Å². The highest BCUT2D eigenvalue weighted by Gasteiger charge is 2.12. The van der Waals surface area contributed by atoms with Gasteiger partial charge in [0.1, 0.15) is 0 Å². The molecule has 3 aromatic rings. The van der Waals surface area contributed by atoms with Gasteiger partial charge in [-0.1, -0.05) is 30.3 Å². The van der Waals surface area contributed by atoms with Crippen LogP contribution in [0.15, 0.2) is 78.9 Å². The van der Waals surface area contributed by atoms with Crippen LogP contribution < -0.4 is 15.9 Å². The van der Waals surface area contributed by atoms with E-state index < -0.39 is 17.8 Å². The fourth-order valence-corrected chi connectivity index (χ4v) is 4.47. The Balaban J connectivity index is 1.66. The van der Waals surface area contributed by atoms with Gasteiger partial charge in [-0.2, -0.15) is 0 Å². The first kappa shape index (κ1) is 20.2. The van der Waals surface area contributed by atoms with E-state index in [1.165, 1.54) is 29.6 Å². The van der Waals surface area contributed by atoms with Gasteiger partial charge in [0.05, 0.1) is 9.85 Å². The zero-order valence-electron chi connectivity index (χ0n) is 15.4. The van der Waals surface area contributed by atoms with Gasteiger partial charge in [0, 0.05) is 48.2 Å². The molecule has 8 nitrogen and oxygen atoms in total. The molecule has 0 unspecified atom stereocenters. The average molecular weight is 410 g/mol. The van der Waals surface area contributed by atoms with E-state index in [1.54, 1.807) is 24.3 Å². The van der Waals surface area contributed by atoms with Crippen molar-refractivity contribution in [1.29, 1.82) is 0 Å². The second kappa shape index (κ2) is 9.61. The molecule has 9 heteroatoms. The van der Waals surface area contributed by atoms with Crippen molar-refractivity contribution >= 4 is 36.0 Å². The number of rotatable bonds is 9. The zero-order valence-corrected chi connectivity index (χ0v) is 16.3. The Bertz CT molecular complexity index is 905. The largest absolute Gasteiger partial charge is 0.381 e. The van der Waals surface area contributed by atoms with E-state index in [2.05, 4.69) is 22.8 Å². The van der Waals surface area contributed by atoms with Crippen LogP contribution in [-0.4, -0.2) is 22.4 Å². The molecule has 0 aromatic heterocycles. The third-order valence-electron chi connectivity index (χ3n) is 4.23. The summed E-state index contributed by atoms with van der Waals surface area (Å²) in [5, 5.41) is 29.5. The highest BCUT2D eigenvalue weighted by Crippen LogP contribution is 2.34. The van der Waals surface area contributed by atoms with Crippen LogP contribution >= 0.6 is 7.92 Å². The number of hydrogen-bond donors (Lipinski definition) is 2. The van der Waals surface area contributed by atoms with Crippen molar-refractivity contribution in [1.82, 2.24) is 0 Å². The Morgan fingerprint density at radius 3 is 1.45 bits per heavy atom. The molecule has 0 radical (unpaired) electrons. The second-order valence-electron chi connectivity index (χ2n) is 6.15. The van der Waals surface area contributed by atoms with Crippen molar-refractivity contribution in [3.8, 4) is 0 Å². The monoisotopic (exact) mass is 410 g/mol. The second-order valence-corrected chi connectivity index (χ2v) is 8.38. The summed E-state index contributed by atoms with van der Waals surface area (Å²) in [6.07, 6.45) is 1.36. The molecule has 0 fully saturated rings. The molecule has 2 N–H and O–H groups in total. The lowest BCUT2D eigenvalue weighted by atomic mass is 10.3. The Kier molecular flexibility index (Phi) is 6.71. The molecule has 29 heavy (non-hydrogen) atoms. The van der Waals surface area contributed by atoms with Crippen LogP contribution in [0.1, 0.15) is 0 Å². The molecule has 0 spiro atoms. The number of nitro groups is 2. The summed E-state index contributed by atoms with van der Waals surface area (Å²) in [5.74, 6) is 0. The van der Waals surface area contributed by atoms with E-state index >= 15 is 0 Å². The summed E-state index contributed by atoms with van der Waals surface area (Å²) >= 11 is 0. The van der Waals surface area contributed by atoms with Crippen molar-refractivity contribution in [3.05, 3.63) is 99.1 Å². The summed E-state index contributed by atoms with van der Waals surface area (Å²) in [6, 6.07) is 22.8. The lowest BCUT2D eigenvalue weighted by molar-refractivity contribution is -0.385. The van der Waals surface area contributed by atoms with Crippen LogP contribution in [0.25, 0.3) is 0 Å². The molecule has 3 rings (SSSR count). The number of hydrogen-bond acceptors (Lipinski definition) is 6. The van der Waals surface area contributed by atoms with Crippen LogP contribution in [0, 0.1) is 20.2 Å². The Labute approximate surface area is 168 Å². The molecule has 0 aliphatic heterocycles. The first-order valence-corrected chi connectivity index (χ1v) is 10.5. The van der Waals surface area contributed by atoms with Gasteiger partial charge in [-0.15, -0.1) is 0 Å². The fourth-order valence-electron chi connectivity index (χ4n) is 2.65. The predicted octanol–water partition coefficient (Wildman–Crippen LogP) is 4.75. The maximum atomic E-state index is 10.8. The molecule has 0 aliphatic carbocycles. The van der Waals surface area contributed by atoms with E-state index in [1.807, 2.05) is 18.2 Å². The number of nitrogens with one attached hydrogen (secondary N) is 2. The van der Waals surface area contributed by atoms with Gasteiger partial charge in [-0.3, -0.25) is 20.2 Å². The number of anilines is 2. The quantitative estimate of drug-likeness (QED) is 0.299. The Morgan fingerprint density at radius 2 is 1.07 bits per heavy atom. The molecule has 0 saturated heterocycles. The van der Waals surface area contributed by atoms with E-state index in [0.717, 1.165) is 11.4 Å². The Morgan fingerprint density at radius 1 is 0.655 bits per heavy atom. The molecule has 3 aromatic carbocycles. The number of nitro benzene ring substituents is 2. The maximum Gasteiger partial charge on any atom is 0.269 e. The van der Waals surface area contributed by atoms with Crippen LogP contribution in [0.3, 0.4) is 0 Å². The first-order valence-electron chi connectivity index (χ1n) is 8.79.